The van der Waals surface area contributed by atoms with Crippen LogP contribution >= 0.6 is 15.9 Å². The molecule has 0 saturated heterocycles. The largest absolute Gasteiger partial charge is 0.497 e. The number of para-hydroxylation sites is 1. The second-order valence-electron chi connectivity index (χ2n) is 6.55. The minimum absolute atomic E-state index is 0.295. The van der Waals surface area contributed by atoms with Crippen molar-refractivity contribution in [3.05, 3.63) is 94.5 Å². The first-order valence-electron chi connectivity index (χ1n) is 9.27. The predicted octanol–water partition coefficient (Wildman–Crippen LogP) is 5.44. The number of carbonyl (C=O) groups excluding carboxylic acids is 1. The minimum Gasteiger partial charge on any atom is -0.497 e. The van der Waals surface area contributed by atoms with Gasteiger partial charge in [0, 0.05) is 15.4 Å². The fraction of sp³-hybridized carbons (Fsp3) is 0.0417. The van der Waals surface area contributed by atoms with E-state index in [1.165, 1.54) is 0 Å². The van der Waals surface area contributed by atoms with Crippen molar-refractivity contribution >= 4 is 39.0 Å². The van der Waals surface area contributed by atoms with Crippen LogP contribution in [0.1, 0.15) is 15.9 Å². The molecule has 0 spiro atoms. The van der Waals surface area contributed by atoms with E-state index in [4.69, 9.17) is 9.72 Å². The van der Waals surface area contributed by atoms with Crippen molar-refractivity contribution in [1.29, 1.82) is 0 Å². The van der Waals surface area contributed by atoms with Crippen LogP contribution in [0.25, 0.3) is 22.2 Å². The highest BCUT2D eigenvalue weighted by Gasteiger charge is 2.13. The molecule has 0 fully saturated rings. The maximum absolute atomic E-state index is 12.9. The van der Waals surface area contributed by atoms with Gasteiger partial charge >= 0.3 is 0 Å². The summed E-state index contributed by atoms with van der Waals surface area (Å²) in [6.45, 7) is 0. The summed E-state index contributed by atoms with van der Waals surface area (Å²) >= 11 is 3.40. The van der Waals surface area contributed by atoms with Crippen LogP contribution in [-0.2, 0) is 0 Å². The number of aromatic nitrogens is 1. The number of carbonyl (C=O) groups is 1. The summed E-state index contributed by atoms with van der Waals surface area (Å²) in [5, 5.41) is 4.87. The molecule has 1 aromatic heterocycles. The van der Waals surface area contributed by atoms with Crippen LogP contribution in [0.15, 0.2) is 88.4 Å². The van der Waals surface area contributed by atoms with Gasteiger partial charge in [0.1, 0.15) is 5.75 Å². The maximum atomic E-state index is 12.9. The van der Waals surface area contributed by atoms with Gasteiger partial charge in [0.2, 0.25) is 0 Å². The van der Waals surface area contributed by atoms with Crippen LogP contribution in [0, 0.1) is 0 Å². The molecule has 5 nitrogen and oxygen atoms in total. The second kappa shape index (κ2) is 8.88. The highest BCUT2D eigenvalue weighted by Crippen LogP contribution is 2.26. The van der Waals surface area contributed by atoms with Gasteiger partial charge in [-0.3, -0.25) is 4.79 Å². The Bertz CT molecular complexity index is 1220. The summed E-state index contributed by atoms with van der Waals surface area (Å²) in [5.41, 5.74) is 6.37. The first-order chi connectivity index (χ1) is 14.6. The molecule has 4 rings (SSSR count). The third kappa shape index (κ3) is 4.39. The minimum atomic E-state index is -0.295. The molecule has 1 N–H and O–H groups in total. The lowest BCUT2D eigenvalue weighted by atomic mass is 10.0. The molecule has 1 amide bonds. The fourth-order valence-corrected chi connectivity index (χ4v) is 3.31. The molecular weight excluding hydrogens is 442 g/mol. The molecule has 0 bridgehead atoms. The topological polar surface area (TPSA) is 63.6 Å². The summed E-state index contributed by atoms with van der Waals surface area (Å²) in [7, 11) is 1.63. The number of methoxy groups -OCH3 is 1. The lowest BCUT2D eigenvalue weighted by molar-refractivity contribution is 0.0956. The van der Waals surface area contributed by atoms with E-state index in [2.05, 4.69) is 26.5 Å². The average Bonchev–Trinajstić information content (AvgIpc) is 2.79. The van der Waals surface area contributed by atoms with Gasteiger partial charge in [-0.05, 0) is 54.1 Å². The molecule has 0 saturated carbocycles. The Morgan fingerprint density at radius 1 is 1.03 bits per heavy atom. The fourth-order valence-electron chi connectivity index (χ4n) is 3.05. The van der Waals surface area contributed by atoms with E-state index in [9.17, 15) is 4.79 Å². The summed E-state index contributed by atoms with van der Waals surface area (Å²) in [5.74, 6) is 0.469. The highest BCUT2D eigenvalue weighted by molar-refractivity contribution is 9.10. The van der Waals surface area contributed by atoms with Crippen molar-refractivity contribution in [3.8, 4) is 17.0 Å². The van der Waals surface area contributed by atoms with E-state index >= 15 is 0 Å². The molecule has 6 heteroatoms. The molecule has 0 aliphatic heterocycles. The first kappa shape index (κ1) is 19.8. The predicted molar refractivity (Wildman–Crippen MR) is 123 cm³/mol. The molecule has 30 heavy (non-hydrogen) atoms. The molecule has 0 radical (unpaired) electrons. The number of nitrogens with zero attached hydrogens (tertiary/aromatic N) is 2. The smallest absolute Gasteiger partial charge is 0.272 e. The zero-order valence-electron chi connectivity index (χ0n) is 16.2. The second-order valence-corrected chi connectivity index (χ2v) is 7.47. The number of nitrogens with one attached hydrogen (secondary N) is 1. The van der Waals surface area contributed by atoms with E-state index in [0.717, 1.165) is 32.3 Å². The van der Waals surface area contributed by atoms with Gasteiger partial charge in [-0.2, -0.15) is 5.10 Å². The summed E-state index contributed by atoms with van der Waals surface area (Å²) in [4.78, 5) is 17.6. The number of ether oxygens (including phenoxy) is 1. The van der Waals surface area contributed by atoms with Crippen molar-refractivity contribution in [1.82, 2.24) is 10.4 Å². The lowest BCUT2D eigenvalue weighted by Crippen LogP contribution is -2.18. The number of benzene rings is 3. The molecule has 0 unspecified atom stereocenters. The van der Waals surface area contributed by atoms with Gasteiger partial charge in [-0.25, -0.2) is 10.4 Å². The van der Waals surface area contributed by atoms with Crippen molar-refractivity contribution in [2.75, 3.05) is 7.11 Å². The molecular formula is C24H18BrN3O2. The Balaban J connectivity index is 1.66. The standard InChI is InChI=1S/C24H18BrN3O2/c1-30-19-12-8-17(9-13-19)23-14-21(20-4-2-3-5-22(20)27-23)24(29)28-26-15-16-6-10-18(25)11-7-16/h2-15H,1H3,(H,28,29)/b26-15+. The van der Waals surface area contributed by atoms with Crippen LogP contribution in [0.2, 0.25) is 0 Å². The molecule has 0 atom stereocenters. The van der Waals surface area contributed by atoms with Crippen LogP contribution in [0.4, 0.5) is 0 Å². The number of fused-ring (bicyclic) bond motifs is 1. The number of rotatable bonds is 5. The van der Waals surface area contributed by atoms with E-state index < -0.39 is 0 Å². The van der Waals surface area contributed by atoms with Crippen molar-refractivity contribution in [2.45, 2.75) is 0 Å². The lowest BCUT2D eigenvalue weighted by Gasteiger charge is -2.09. The van der Waals surface area contributed by atoms with Crippen LogP contribution < -0.4 is 10.2 Å². The van der Waals surface area contributed by atoms with Crippen molar-refractivity contribution < 1.29 is 9.53 Å². The Labute approximate surface area is 182 Å². The third-order valence-corrected chi connectivity index (χ3v) is 5.12. The first-order valence-corrected chi connectivity index (χ1v) is 10.1. The monoisotopic (exact) mass is 459 g/mol. The Kier molecular flexibility index (Phi) is 5.86. The maximum Gasteiger partial charge on any atom is 0.272 e. The van der Waals surface area contributed by atoms with Crippen LogP contribution in [-0.4, -0.2) is 24.2 Å². The molecule has 4 aromatic rings. The third-order valence-electron chi connectivity index (χ3n) is 4.60. The van der Waals surface area contributed by atoms with E-state index in [1.807, 2.05) is 72.8 Å². The van der Waals surface area contributed by atoms with Gasteiger partial charge in [0.25, 0.3) is 5.91 Å². The molecule has 148 valence electrons. The van der Waals surface area contributed by atoms with Gasteiger partial charge in [0.15, 0.2) is 0 Å². The number of pyridine rings is 1. The van der Waals surface area contributed by atoms with E-state index in [-0.39, 0.29) is 5.91 Å². The van der Waals surface area contributed by atoms with E-state index in [0.29, 0.717) is 11.3 Å². The number of hydrazone groups is 1. The average molecular weight is 460 g/mol. The molecule has 1 heterocycles. The van der Waals surface area contributed by atoms with Gasteiger partial charge in [0.05, 0.1) is 30.1 Å². The Morgan fingerprint density at radius 2 is 1.77 bits per heavy atom. The number of hydrogen-bond donors (Lipinski definition) is 1. The Hall–Kier alpha value is -3.51. The zero-order valence-corrected chi connectivity index (χ0v) is 17.8. The normalized spacial score (nSPS) is 11.0. The van der Waals surface area contributed by atoms with Crippen molar-refractivity contribution in [2.24, 2.45) is 5.10 Å². The van der Waals surface area contributed by atoms with Gasteiger partial charge < -0.3 is 4.74 Å². The van der Waals surface area contributed by atoms with Gasteiger partial charge in [-0.1, -0.05) is 46.3 Å². The van der Waals surface area contributed by atoms with Crippen molar-refractivity contribution in [3.63, 3.8) is 0 Å². The van der Waals surface area contributed by atoms with Gasteiger partial charge in [-0.15, -0.1) is 0 Å². The summed E-state index contributed by atoms with van der Waals surface area (Å²) in [6.07, 6.45) is 1.61. The summed E-state index contributed by atoms with van der Waals surface area (Å²) in [6, 6.07) is 24.6. The molecule has 3 aromatic carbocycles. The summed E-state index contributed by atoms with van der Waals surface area (Å²) < 4.78 is 6.21. The van der Waals surface area contributed by atoms with Crippen LogP contribution in [0.5, 0.6) is 5.75 Å². The Morgan fingerprint density at radius 3 is 2.50 bits per heavy atom. The zero-order chi connectivity index (χ0) is 20.9. The number of halogens is 1. The van der Waals surface area contributed by atoms with Crippen LogP contribution in [0.3, 0.4) is 0 Å². The number of amides is 1. The van der Waals surface area contributed by atoms with E-state index in [1.54, 1.807) is 19.4 Å². The SMILES string of the molecule is COc1ccc(-c2cc(C(=O)N/N=C/c3ccc(Br)cc3)c3ccccc3n2)cc1. The molecule has 0 aliphatic carbocycles. The molecule has 0 aliphatic rings. The highest BCUT2D eigenvalue weighted by atomic mass is 79.9. The quantitative estimate of drug-likeness (QED) is 0.319. The number of hydrogen-bond acceptors (Lipinski definition) is 4.